The maximum atomic E-state index is 5.90. The number of halogens is 3. The third-order valence-electron chi connectivity index (χ3n) is 1.93. The van der Waals surface area contributed by atoms with Gasteiger partial charge in [0.2, 0.25) is 0 Å². The molecule has 1 aromatic rings. The molecule has 0 N–H and O–H groups in total. The highest BCUT2D eigenvalue weighted by atomic mass is 127. The number of hydrogen-bond acceptors (Lipinski definition) is 0. The lowest BCUT2D eigenvalue weighted by Crippen LogP contribution is -1.95. The molecule has 0 fully saturated rings. The molecule has 0 radical (unpaired) electrons. The minimum Gasteiger partial charge on any atom is -0.121 e. The van der Waals surface area contributed by atoms with E-state index in [1.807, 2.05) is 0 Å². The van der Waals surface area contributed by atoms with Crippen molar-refractivity contribution in [1.29, 1.82) is 0 Å². The summed E-state index contributed by atoms with van der Waals surface area (Å²) in [6, 6.07) is 6.37. The lowest BCUT2D eigenvalue weighted by molar-refractivity contribution is 0.925. The summed E-state index contributed by atoms with van der Waals surface area (Å²) < 4.78 is 1.28. The fourth-order valence-corrected chi connectivity index (χ4v) is 2.81. The Morgan fingerprint density at radius 1 is 1.38 bits per heavy atom. The maximum absolute atomic E-state index is 5.90. The molecule has 0 saturated heterocycles. The molecule has 0 spiro atoms. The van der Waals surface area contributed by atoms with Crippen LogP contribution in [0.25, 0.3) is 0 Å². The van der Waals surface area contributed by atoms with Gasteiger partial charge >= 0.3 is 0 Å². The molecule has 0 aliphatic heterocycles. The van der Waals surface area contributed by atoms with Gasteiger partial charge in [0.1, 0.15) is 0 Å². The largest absolute Gasteiger partial charge is 0.121 e. The van der Waals surface area contributed by atoms with Crippen LogP contribution < -0.4 is 0 Å². The summed E-state index contributed by atoms with van der Waals surface area (Å²) in [5, 5.41) is 1.06. The van der Waals surface area contributed by atoms with Crippen LogP contribution in [0.4, 0.5) is 0 Å². The predicted molar refractivity (Wildman–Crippen MR) is 70.8 cm³/mol. The number of alkyl halides is 2. The van der Waals surface area contributed by atoms with Gasteiger partial charge in [-0.05, 0) is 52.6 Å². The monoisotopic (exact) mass is 372 g/mol. The van der Waals surface area contributed by atoms with Crippen LogP contribution in [0, 0.1) is 3.57 Å². The van der Waals surface area contributed by atoms with Gasteiger partial charge in [0, 0.05) is 14.8 Å². The quantitative estimate of drug-likeness (QED) is 0.544. The maximum Gasteiger partial charge on any atom is 0.0487 e. The van der Waals surface area contributed by atoms with Gasteiger partial charge in [-0.25, -0.2) is 0 Å². The zero-order chi connectivity index (χ0) is 9.68. The molecule has 0 bridgehead atoms. The molecule has 0 nitrogen and oxygen atoms in total. The molecule has 0 heterocycles. The first-order valence-corrected chi connectivity index (χ1v) is 6.91. The standard InChI is InChI=1S/C10H11BrClI/c11-6-2-4-8-3-1-5-10(13)9(8)7-12/h1,3,5H,2,4,6-7H2. The summed E-state index contributed by atoms with van der Waals surface area (Å²) in [5.41, 5.74) is 2.69. The summed E-state index contributed by atoms with van der Waals surface area (Å²) in [6.45, 7) is 0. The molecule has 72 valence electrons. The van der Waals surface area contributed by atoms with Gasteiger partial charge in [-0.3, -0.25) is 0 Å². The molecule has 0 amide bonds. The van der Waals surface area contributed by atoms with Gasteiger partial charge in [-0.15, -0.1) is 11.6 Å². The predicted octanol–water partition coefficient (Wildman–Crippen LogP) is 4.36. The molecule has 0 aromatic heterocycles. The Bertz CT molecular complexity index is 276. The molecule has 0 aliphatic rings. The second-order valence-corrected chi connectivity index (χ2v) is 5.03. The minimum absolute atomic E-state index is 0.622. The highest BCUT2D eigenvalue weighted by Gasteiger charge is 2.04. The van der Waals surface area contributed by atoms with Crippen LogP contribution in [-0.4, -0.2) is 5.33 Å². The molecule has 0 saturated carbocycles. The van der Waals surface area contributed by atoms with Crippen LogP contribution >= 0.6 is 50.1 Å². The smallest absolute Gasteiger partial charge is 0.0487 e. The summed E-state index contributed by atoms with van der Waals surface area (Å²) >= 11 is 11.7. The third kappa shape index (κ3) is 3.40. The highest BCUT2D eigenvalue weighted by Crippen LogP contribution is 2.20. The van der Waals surface area contributed by atoms with Crippen molar-refractivity contribution in [2.75, 3.05) is 5.33 Å². The zero-order valence-corrected chi connectivity index (χ0v) is 11.7. The van der Waals surface area contributed by atoms with Crippen molar-refractivity contribution < 1.29 is 0 Å². The van der Waals surface area contributed by atoms with Crippen molar-refractivity contribution in [3.63, 3.8) is 0 Å². The van der Waals surface area contributed by atoms with Crippen molar-refractivity contribution >= 4 is 50.1 Å². The van der Waals surface area contributed by atoms with E-state index in [0.717, 1.165) is 11.8 Å². The van der Waals surface area contributed by atoms with Crippen LogP contribution in [-0.2, 0) is 12.3 Å². The molecular formula is C10H11BrClI. The van der Waals surface area contributed by atoms with Gasteiger partial charge in [-0.1, -0.05) is 28.1 Å². The number of aryl methyl sites for hydroxylation is 1. The van der Waals surface area contributed by atoms with Crippen LogP contribution in [0.3, 0.4) is 0 Å². The summed E-state index contributed by atoms with van der Waals surface area (Å²) in [4.78, 5) is 0. The molecule has 0 unspecified atom stereocenters. The third-order valence-corrected chi connectivity index (χ3v) is 3.77. The molecule has 0 atom stereocenters. The average Bonchev–Trinajstić information content (AvgIpc) is 2.15. The fourth-order valence-electron chi connectivity index (χ4n) is 1.24. The van der Waals surface area contributed by atoms with Crippen LogP contribution in [0.5, 0.6) is 0 Å². The average molecular weight is 373 g/mol. The van der Waals surface area contributed by atoms with Gasteiger partial charge in [0.15, 0.2) is 0 Å². The Labute approximate surface area is 106 Å². The van der Waals surface area contributed by atoms with Gasteiger partial charge in [-0.2, -0.15) is 0 Å². The number of benzene rings is 1. The van der Waals surface area contributed by atoms with E-state index in [0.29, 0.717) is 5.88 Å². The lowest BCUT2D eigenvalue weighted by atomic mass is 10.0. The Morgan fingerprint density at radius 2 is 2.15 bits per heavy atom. The van der Waals surface area contributed by atoms with Gasteiger partial charge in [0.25, 0.3) is 0 Å². The van der Waals surface area contributed by atoms with E-state index in [4.69, 9.17) is 11.6 Å². The highest BCUT2D eigenvalue weighted by molar-refractivity contribution is 14.1. The van der Waals surface area contributed by atoms with Crippen LogP contribution in [0.2, 0.25) is 0 Å². The first-order valence-electron chi connectivity index (χ1n) is 4.17. The second kappa shape index (κ2) is 6.25. The Balaban J connectivity index is 2.85. The van der Waals surface area contributed by atoms with E-state index in [1.54, 1.807) is 0 Å². The van der Waals surface area contributed by atoms with Crippen molar-refractivity contribution in [2.45, 2.75) is 18.7 Å². The Hall–Kier alpha value is 0.720. The molecule has 13 heavy (non-hydrogen) atoms. The first kappa shape index (κ1) is 11.8. The minimum atomic E-state index is 0.622. The summed E-state index contributed by atoms with van der Waals surface area (Å²) in [6.07, 6.45) is 2.29. The summed E-state index contributed by atoms with van der Waals surface area (Å²) in [7, 11) is 0. The van der Waals surface area contributed by atoms with E-state index in [2.05, 4.69) is 56.7 Å². The molecule has 1 rings (SSSR count). The van der Waals surface area contributed by atoms with Crippen LogP contribution in [0.1, 0.15) is 17.5 Å². The molecule has 1 aromatic carbocycles. The fraction of sp³-hybridized carbons (Fsp3) is 0.400. The van der Waals surface area contributed by atoms with Crippen molar-refractivity contribution in [1.82, 2.24) is 0 Å². The van der Waals surface area contributed by atoms with E-state index >= 15 is 0 Å². The van der Waals surface area contributed by atoms with Crippen LogP contribution in [0.15, 0.2) is 18.2 Å². The first-order chi connectivity index (χ1) is 6.29. The molecule has 0 aliphatic carbocycles. The second-order valence-electron chi connectivity index (χ2n) is 2.80. The normalized spacial score (nSPS) is 10.4. The summed E-state index contributed by atoms with van der Waals surface area (Å²) in [5.74, 6) is 0.622. The van der Waals surface area contributed by atoms with E-state index in [1.165, 1.54) is 21.1 Å². The van der Waals surface area contributed by atoms with E-state index in [9.17, 15) is 0 Å². The van der Waals surface area contributed by atoms with Gasteiger partial charge < -0.3 is 0 Å². The number of rotatable bonds is 4. The Kier molecular flexibility index (Phi) is 5.67. The Morgan fingerprint density at radius 3 is 2.77 bits per heavy atom. The lowest BCUT2D eigenvalue weighted by Gasteiger charge is -2.07. The van der Waals surface area contributed by atoms with E-state index < -0.39 is 0 Å². The van der Waals surface area contributed by atoms with Crippen molar-refractivity contribution in [2.24, 2.45) is 0 Å². The SMILES string of the molecule is ClCc1c(I)cccc1CCCBr. The van der Waals surface area contributed by atoms with E-state index in [-0.39, 0.29) is 0 Å². The number of hydrogen-bond donors (Lipinski definition) is 0. The molecular weight excluding hydrogens is 362 g/mol. The topological polar surface area (TPSA) is 0 Å². The zero-order valence-electron chi connectivity index (χ0n) is 7.19. The molecule has 3 heteroatoms. The van der Waals surface area contributed by atoms with Gasteiger partial charge in [0.05, 0.1) is 0 Å². The van der Waals surface area contributed by atoms with Crippen molar-refractivity contribution in [3.05, 3.63) is 32.9 Å². The van der Waals surface area contributed by atoms with Crippen molar-refractivity contribution in [3.8, 4) is 0 Å².